The summed E-state index contributed by atoms with van der Waals surface area (Å²) in [6.45, 7) is 0.855. The second-order valence-corrected chi connectivity index (χ2v) is 14.3. The van der Waals surface area contributed by atoms with E-state index in [0.29, 0.717) is 24.7 Å². The van der Waals surface area contributed by atoms with E-state index < -0.39 is 53.9 Å². The molecule has 2 fully saturated rings. The minimum Gasteiger partial charge on any atom is -0.314 e. The third kappa shape index (κ3) is 7.17. The van der Waals surface area contributed by atoms with E-state index in [1.54, 1.807) is 0 Å². The van der Waals surface area contributed by atoms with Crippen LogP contribution in [0.1, 0.15) is 40.2 Å². The van der Waals surface area contributed by atoms with Crippen molar-refractivity contribution in [3.63, 3.8) is 0 Å². The van der Waals surface area contributed by atoms with Crippen molar-refractivity contribution in [2.75, 3.05) is 32.4 Å². The number of halogens is 6. The van der Waals surface area contributed by atoms with Gasteiger partial charge in [-0.3, -0.25) is 9.69 Å². The minimum atomic E-state index is -5.62. The van der Waals surface area contributed by atoms with Crippen molar-refractivity contribution < 1.29 is 48.8 Å². The highest BCUT2D eigenvalue weighted by Crippen LogP contribution is 2.44. The van der Waals surface area contributed by atoms with Gasteiger partial charge in [0.2, 0.25) is 10.0 Å². The second-order valence-electron chi connectivity index (χ2n) is 9.73. The first-order chi connectivity index (χ1) is 19.4. The summed E-state index contributed by atoms with van der Waals surface area (Å²) >= 11 is 11.9. The van der Waals surface area contributed by atoms with Crippen LogP contribution in [0.25, 0.3) is 0 Å². The molecule has 2 aliphatic rings. The fourth-order valence-electron chi connectivity index (χ4n) is 4.43. The maximum atomic E-state index is 15.7. The Kier molecular flexibility index (Phi) is 9.17. The van der Waals surface area contributed by atoms with Crippen LogP contribution in [0.2, 0.25) is 10.0 Å². The number of alkyl halides is 3. The van der Waals surface area contributed by atoms with Gasteiger partial charge in [0.1, 0.15) is 5.82 Å². The van der Waals surface area contributed by atoms with Gasteiger partial charge in [-0.2, -0.15) is 17.5 Å². The number of rotatable bonds is 7. The van der Waals surface area contributed by atoms with Gasteiger partial charge >= 0.3 is 18.1 Å². The zero-order chi connectivity index (χ0) is 31.2. The molecule has 18 heteroatoms. The number of piperazine rings is 1. The van der Waals surface area contributed by atoms with Gasteiger partial charge in [0.05, 0.1) is 16.7 Å². The van der Waals surface area contributed by atoms with Crippen LogP contribution < -0.4 is 0 Å². The van der Waals surface area contributed by atoms with Gasteiger partial charge in [0.15, 0.2) is 0 Å². The first-order valence-corrected chi connectivity index (χ1v) is 16.3. The Labute approximate surface area is 248 Å². The van der Waals surface area contributed by atoms with Gasteiger partial charge in [-0.1, -0.05) is 33.7 Å². The van der Waals surface area contributed by atoms with Crippen LogP contribution in [0, 0.1) is 5.82 Å². The van der Waals surface area contributed by atoms with Gasteiger partial charge in [-0.15, -0.1) is 0 Å². The average Bonchev–Trinajstić information content (AvgIpc) is 3.70. The van der Waals surface area contributed by atoms with Crippen molar-refractivity contribution in [3.05, 3.63) is 62.9 Å². The normalized spacial score (nSPS) is 17.2. The summed E-state index contributed by atoms with van der Waals surface area (Å²) in [6, 6.07) is 6.23. The summed E-state index contributed by atoms with van der Waals surface area (Å²) in [4.78, 5) is 29.7. The van der Waals surface area contributed by atoms with E-state index >= 15 is 4.39 Å². The molecule has 1 amide bonds. The summed E-state index contributed by atoms with van der Waals surface area (Å²) < 4.78 is 104. The Morgan fingerprint density at radius 2 is 1.57 bits per heavy atom. The van der Waals surface area contributed by atoms with E-state index in [9.17, 15) is 39.6 Å². The van der Waals surface area contributed by atoms with Crippen molar-refractivity contribution in [1.29, 1.82) is 0 Å². The molecule has 0 spiro atoms. The molecule has 0 radical (unpaired) electrons. The second kappa shape index (κ2) is 11.9. The lowest BCUT2D eigenvalue weighted by Gasteiger charge is -2.34. The lowest BCUT2D eigenvalue weighted by atomic mass is 9.98. The van der Waals surface area contributed by atoms with E-state index in [0.717, 1.165) is 6.07 Å². The lowest BCUT2D eigenvalue weighted by Crippen LogP contribution is -2.48. The molecule has 2 aromatic carbocycles. The summed E-state index contributed by atoms with van der Waals surface area (Å²) in [7, 11) is -8.77. The van der Waals surface area contributed by atoms with Gasteiger partial charge in [-0.05, 0) is 54.2 Å². The number of amides is 1. The molecule has 1 heterocycles. The molecule has 1 saturated heterocycles. The maximum Gasteiger partial charge on any atom is 0.493 e. The smallest absolute Gasteiger partial charge is 0.314 e. The first-order valence-electron chi connectivity index (χ1n) is 12.2. The molecule has 0 unspecified atom stereocenters. The minimum absolute atomic E-state index is 0.0594. The number of carbonyl (C=O) groups excluding carboxylic acids is 2. The fraction of sp³-hybridized carbons (Fsp3) is 0.417. The number of hydrogen-bond acceptors (Lipinski definition) is 8. The Morgan fingerprint density at radius 3 is 2.07 bits per heavy atom. The number of benzene rings is 2. The van der Waals surface area contributed by atoms with Gasteiger partial charge in [-0.25, -0.2) is 26.0 Å². The summed E-state index contributed by atoms with van der Waals surface area (Å²) in [5.41, 5.74) is -0.375. The Morgan fingerprint density at radius 1 is 1.00 bits per heavy atom. The monoisotopic (exact) mass is 675 g/mol. The molecule has 10 nitrogen and oxygen atoms in total. The van der Waals surface area contributed by atoms with E-state index in [1.165, 1.54) is 28.6 Å². The summed E-state index contributed by atoms with van der Waals surface area (Å²) in [5.74, 6) is -6.25. The molecule has 0 N–H and O–H groups in total. The van der Waals surface area contributed by atoms with Crippen molar-refractivity contribution in [2.24, 2.45) is 0 Å². The molecule has 0 bridgehead atoms. The van der Waals surface area contributed by atoms with Gasteiger partial charge in [0, 0.05) is 42.8 Å². The number of hydrogen-bond donors (Lipinski definition) is 0. The van der Waals surface area contributed by atoms with Crippen molar-refractivity contribution in [1.82, 2.24) is 13.7 Å². The van der Waals surface area contributed by atoms with E-state index in [4.69, 9.17) is 23.2 Å². The molecular weight excluding hydrogens is 653 g/mol. The topological polar surface area (TPSA) is 121 Å². The Balaban J connectivity index is 1.53. The van der Waals surface area contributed by atoms with Gasteiger partial charge in [0.25, 0.3) is 10.0 Å². The third-order valence-electron chi connectivity index (χ3n) is 6.55. The van der Waals surface area contributed by atoms with Crippen LogP contribution in [-0.4, -0.2) is 81.0 Å². The predicted molar refractivity (Wildman–Crippen MR) is 142 cm³/mol. The van der Waals surface area contributed by atoms with Crippen molar-refractivity contribution in [2.45, 2.75) is 36.4 Å². The van der Waals surface area contributed by atoms with Crippen molar-refractivity contribution >= 4 is 55.1 Å². The van der Waals surface area contributed by atoms with Crippen LogP contribution in [0.15, 0.2) is 35.2 Å². The van der Waals surface area contributed by atoms with E-state index in [2.05, 4.69) is 4.84 Å². The standard InChI is InChI=1S/C24H23Cl2F4N3O7S2/c1-41(36,37)33(40-23(35)24(28,29)30)22(34)19-5-4-15(20(21(19)27)14-2-3-14)13-31-6-8-32(9-7-31)42(38,39)18-11-16(25)10-17(26)12-18/h4-5,10-12,14H,2-3,6-9,13H2,1H3. The molecule has 42 heavy (non-hydrogen) atoms. The van der Waals surface area contributed by atoms with Gasteiger partial charge < -0.3 is 4.84 Å². The number of carbonyl (C=O) groups is 2. The highest BCUT2D eigenvalue weighted by Gasteiger charge is 2.46. The van der Waals surface area contributed by atoms with Crippen molar-refractivity contribution in [3.8, 4) is 0 Å². The highest BCUT2D eigenvalue weighted by atomic mass is 35.5. The Hall–Kier alpha value is -2.50. The van der Waals surface area contributed by atoms with Crippen LogP contribution in [0.4, 0.5) is 17.6 Å². The Bertz CT molecular complexity index is 1610. The fourth-order valence-corrected chi connectivity index (χ4v) is 7.18. The molecule has 230 valence electrons. The number of hydroxylamine groups is 1. The first kappa shape index (κ1) is 32.4. The molecule has 0 atom stereocenters. The van der Waals surface area contributed by atoms with E-state index in [-0.39, 0.29) is 59.1 Å². The SMILES string of the molecule is CS(=O)(=O)N(OC(=O)C(F)(F)F)C(=O)c1ccc(CN2CCN(S(=O)(=O)c3cc(Cl)cc(Cl)c3)CC2)c(C2CC2)c1F. The maximum absolute atomic E-state index is 15.7. The van der Waals surface area contributed by atoms with Crippen LogP contribution in [0.5, 0.6) is 0 Å². The number of nitrogens with zero attached hydrogens (tertiary/aromatic N) is 3. The largest absolute Gasteiger partial charge is 0.493 e. The zero-order valence-corrected chi connectivity index (χ0v) is 24.8. The molecule has 1 aliphatic carbocycles. The molecule has 2 aromatic rings. The lowest BCUT2D eigenvalue weighted by molar-refractivity contribution is -0.216. The third-order valence-corrected chi connectivity index (χ3v) is 9.71. The zero-order valence-electron chi connectivity index (χ0n) is 21.7. The summed E-state index contributed by atoms with van der Waals surface area (Å²) in [6.07, 6.45) is -4.19. The van der Waals surface area contributed by atoms with E-state index in [1.807, 2.05) is 4.90 Å². The summed E-state index contributed by atoms with van der Waals surface area (Å²) in [5, 5.41) is 0.323. The quantitative estimate of drug-likeness (QED) is 0.320. The molecule has 4 rings (SSSR count). The predicted octanol–water partition coefficient (Wildman–Crippen LogP) is 3.94. The molecular formula is C24H23Cl2F4N3O7S2. The van der Waals surface area contributed by atoms with Crippen LogP contribution >= 0.6 is 23.2 Å². The molecule has 1 aliphatic heterocycles. The van der Waals surface area contributed by atoms with Crippen LogP contribution in [0.3, 0.4) is 0 Å². The van der Waals surface area contributed by atoms with Crippen LogP contribution in [-0.2, 0) is 36.2 Å². The molecule has 0 aromatic heterocycles. The average molecular weight is 676 g/mol. The highest BCUT2D eigenvalue weighted by molar-refractivity contribution is 7.89. The molecule has 1 saturated carbocycles. The number of sulfonamides is 2.